The van der Waals surface area contributed by atoms with E-state index in [9.17, 15) is 4.39 Å². The minimum Gasteiger partial charge on any atom is -0.493 e. The van der Waals surface area contributed by atoms with Crippen LogP contribution in [0.15, 0.2) is 18.2 Å². The topological polar surface area (TPSA) is 35.2 Å². The highest BCUT2D eigenvalue weighted by Crippen LogP contribution is 2.20. The van der Waals surface area contributed by atoms with Crippen LogP contribution in [-0.4, -0.2) is 12.6 Å². The third kappa shape index (κ3) is 3.88. The molecule has 0 saturated heterocycles. The molecule has 2 N–H and O–H groups in total. The van der Waals surface area contributed by atoms with Crippen molar-refractivity contribution in [2.24, 2.45) is 5.73 Å². The first-order valence-corrected chi connectivity index (χ1v) is 5.30. The van der Waals surface area contributed by atoms with Crippen LogP contribution < -0.4 is 10.5 Å². The van der Waals surface area contributed by atoms with Crippen molar-refractivity contribution in [1.29, 1.82) is 0 Å². The number of hydrogen-bond donors (Lipinski definition) is 1. The quantitative estimate of drug-likeness (QED) is 0.812. The normalized spacial score (nSPS) is 12.5. The lowest BCUT2D eigenvalue weighted by Crippen LogP contribution is -2.18. The Labute approximate surface area is 90.2 Å². The van der Waals surface area contributed by atoms with Crippen LogP contribution in [0, 0.1) is 5.82 Å². The average Bonchev–Trinajstić information content (AvgIpc) is 2.19. The summed E-state index contributed by atoms with van der Waals surface area (Å²) in [5.41, 5.74) is 6.51. The molecule has 0 heterocycles. The van der Waals surface area contributed by atoms with E-state index in [1.54, 1.807) is 6.07 Å². The lowest BCUT2D eigenvalue weighted by molar-refractivity contribution is 0.298. The molecular weight excluding hydrogens is 193 g/mol. The standard InChI is InChI=1S/C12H18FNO/c1-3-10-8-11(13)4-5-12(10)15-7-6-9(2)14/h4-5,8-9H,3,6-7,14H2,1-2H3/t9-/m1/s1. The van der Waals surface area contributed by atoms with E-state index in [1.165, 1.54) is 12.1 Å². The number of ether oxygens (including phenoxy) is 1. The Hall–Kier alpha value is -1.09. The van der Waals surface area contributed by atoms with E-state index in [1.807, 2.05) is 13.8 Å². The second-order valence-corrected chi connectivity index (χ2v) is 3.72. The fraction of sp³-hybridized carbons (Fsp3) is 0.500. The van der Waals surface area contributed by atoms with Crippen molar-refractivity contribution in [3.05, 3.63) is 29.6 Å². The van der Waals surface area contributed by atoms with Gasteiger partial charge < -0.3 is 10.5 Å². The molecule has 0 saturated carbocycles. The Morgan fingerprint density at radius 1 is 1.47 bits per heavy atom. The summed E-state index contributed by atoms with van der Waals surface area (Å²) in [6, 6.07) is 4.74. The van der Waals surface area contributed by atoms with Crippen LogP contribution in [-0.2, 0) is 6.42 Å². The lowest BCUT2D eigenvalue weighted by atomic mass is 10.1. The number of nitrogens with two attached hydrogens (primary N) is 1. The molecular formula is C12H18FNO. The molecule has 0 aromatic heterocycles. The van der Waals surface area contributed by atoms with Crippen LogP contribution in [0.5, 0.6) is 5.75 Å². The van der Waals surface area contributed by atoms with E-state index < -0.39 is 0 Å². The second kappa shape index (κ2) is 5.71. The molecule has 0 unspecified atom stereocenters. The summed E-state index contributed by atoms with van der Waals surface area (Å²) in [5, 5.41) is 0. The van der Waals surface area contributed by atoms with E-state index >= 15 is 0 Å². The van der Waals surface area contributed by atoms with Crippen LogP contribution in [0.2, 0.25) is 0 Å². The van der Waals surface area contributed by atoms with E-state index in [-0.39, 0.29) is 11.9 Å². The zero-order valence-corrected chi connectivity index (χ0v) is 9.29. The van der Waals surface area contributed by atoms with E-state index in [0.717, 1.165) is 24.2 Å². The zero-order chi connectivity index (χ0) is 11.3. The maximum Gasteiger partial charge on any atom is 0.123 e. The molecule has 1 atom stereocenters. The molecule has 84 valence electrons. The number of aryl methyl sites for hydroxylation is 1. The molecule has 15 heavy (non-hydrogen) atoms. The first-order chi connectivity index (χ1) is 7.13. The first-order valence-electron chi connectivity index (χ1n) is 5.30. The van der Waals surface area contributed by atoms with Crippen LogP contribution >= 0.6 is 0 Å². The summed E-state index contributed by atoms with van der Waals surface area (Å²) in [6.07, 6.45) is 1.58. The minimum atomic E-state index is -0.216. The van der Waals surface area contributed by atoms with Crippen LogP contribution in [0.3, 0.4) is 0 Å². The lowest BCUT2D eigenvalue weighted by Gasteiger charge is -2.11. The summed E-state index contributed by atoms with van der Waals surface area (Å²) >= 11 is 0. The van der Waals surface area contributed by atoms with Gasteiger partial charge in [0, 0.05) is 6.04 Å². The van der Waals surface area contributed by atoms with Gasteiger partial charge in [-0.2, -0.15) is 0 Å². The highest BCUT2D eigenvalue weighted by molar-refractivity contribution is 5.33. The Kier molecular flexibility index (Phi) is 4.56. The summed E-state index contributed by atoms with van der Waals surface area (Å²) < 4.78 is 18.5. The van der Waals surface area contributed by atoms with Gasteiger partial charge >= 0.3 is 0 Å². The Morgan fingerprint density at radius 2 is 2.20 bits per heavy atom. The Bertz CT molecular complexity index is 312. The van der Waals surface area contributed by atoms with Gasteiger partial charge in [0.25, 0.3) is 0 Å². The van der Waals surface area contributed by atoms with Crippen LogP contribution in [0.1, 0.15) is 25.8 Å². The van der Waals surface area contributed by atoms with Crippen LogP contribution in [0.4, 0.5) is 4.39 Å². The molecule has 0 amide bonds. The Morgan fingerprint density at radius 3 is 2.80 bits per heavy atom. The fourth-order valence-corrected chi connectivity index (χ4v) is 1.32. The molecule has 0 bridgehead atoms. The van der Waals surface area contributed by atoms with Gasteiger partial charge in [0.2, 0.25) is 0 Å². The van der Waals surface area contributed by atoms with Crippen molar-refractivity contribution < 1.29 is 9.13 Å². The predicted molar refractivity (Wildman–Crippen MR) is 59.5 cm³/mol. The monoisotopic (exact) mass is 211 g/mol. The van der Waals surface area contributed by atoms with Crippen LogP contribution in [0.25, 0.3) is 0 Å². The minimum absolute atomic E-state index is 0.135. The Balaban J connectivity index is 2.60. The molecule has 0 fully saturated rings. The molecule has 1 aromatic carbocycles. The highest BCUT2D eigenvalue weighted by atomic mass is 19.1. The molecule has 0 spiro atoms. The van der Waals surface area contributed by atoms with Crippen molar-refractivity contribution in [2.75, 3.05) is 6.61 Å². The number of halogens is 1. The smallest absolute Gasteiger partial charge is 0.123 e. The fourth-order valence-electron chi connectivity index (χ4n) is 1.32. The molecule has 0 aliphatic rings. The molecule has 2 nitrogen and oxygen atoms in total. The largest absolute Gasteiger partial charge is 0.493 e. The van der Waals surface area contributed by atoms with Crippen molar-refractivity contribution in [3.8, 4) is 5.75 Å². The average molecular weight is 211 g/mol. The predicted octanol–water partition coefficient (Wildman–Crippen LogP) is 2.50. The molecule has 1 rings (SSSR count). The van der Waals surface area contributed by atoms with Gasteiger partial charge in [-0.3, -0.25) is 0 Å². The van der Waals surface area contributed by atoms with Crippen molar-refractivity contribution in [2.45, 2.75) is 32.7 Å². The van der Waals surface area contributed by atoms with E-state index in [2.05, 4.69) is 0 Å². The number of hydrogen-bond acceptors (Lipinski definition) is 2. The van der Waals surface area contributed by atoms with Gasteiger partial charge in [0.15, 0.2) is 0 Å². The third-order valence-corrected chi connectivity index (χ3v) is 2.23. The van der Waals surface area contributed by atoms with Crippen molar-refractivity contribution in [1.82, 2.24) is 0 Å². The molecule has 0 aliphatic heterocycles. The number of rotatable bonds is 5. The first kappa shape index (κ1) is 12.0. The molecule has 1 aromatic rings. The van der Waals surface area contributed by atoms with Gasteiger partial charge in [-0.1, -0.05) is 6.92 Å². The second-order valence-electron chi connectivity index (χ2n) is 3.72. The number of benzene rings is 1. The van der Waals surface area contributed by atoms with Gasteiger partial charge in [-0.05, 0) is 43.5 Å². The molecule has 3 heteroatoms. The van der Waals surface area contributed by atoms with E-state index in [0.29, 0.717) is 6.61 Å². The summed E-state index contributed by atoms with van der Waals surface area (Å²) in [7, 11) is 0. The van der Waals surface area contributed by atoms with Gasteiger partial charge in [0.1, 0.15) is 11.6 Å². The SMILES string of the molecule is CCc1cc(F)ccc1OCC[C@@H](C)N. The molecule has 0 radical (unpaired) electrons. The maximum atomic E-state index is 12.9. The van der Waals surface area contributed by atoms with Gasteiger partial charge in [-0.25, -0.2) is 4.39 Å². The van der Waals surface area contributed by atoms with Crippen molar-refractivity contribution in [3.63, 3.8) is 0 Å². The summed E-state index contributed by atoms with van der Waals surface area (Å²) in [5.74, 6) is 0.547. The van der Waals surface area contributed by atoms with E-state index in [4.69, 9.17) is 10.5 Å². The third-order valence-electron chi connectivity index (χ3n) is 2.23. The zero-order valence-electron chi connectivity index (χ0n) is 9.29. The van der Waals surface area contributed by atoms with Crippen molar-refractivity contribution >= 4 is 0 Å². The van der Waals surface area contributed by atoms with Gasteiger partial charge in [-0.15, -0.1) is 0 Å². The highest BCUT2D eigenvalue weighted by Gasteiger charge is 2.04. The summed E-state index contributed by atoms with van der Waals surface area (Å²) in [6.45, 7) is 4.50. The molecule has 0 aliphatic carbocycles. The maximum absolute atomic E-state index is 12.9. The summed E-state index contributed by atoms with van der Waals surface area (Å²) in [4.78, 5) is 0. The van der Waals surface area contributed by atoms with Gasteiger partial charge in [0.05, 0.1) is 6.61 Å².